The van der Waals surface area contributed by atoms with Gasteiger partial charge in [0.15, 0.2) is 0 Å². The minimum Gasteiger partial charge on any atom is -0.310 e. The van der Waals surface area contributed by atoms with Gasteiger partial charge >= 0.3 is 0 Å². The minimum atomic E-state index is 0. The Hall–Kier alpha value is 0.320. The number of hydrogen-bond donors (Lipinski definition) is 1. The van der Waals surface area contributed by atoms with Gasteiger partial charge in [0.1, 0.15) is 0 Å². The topological polar surface area (TPSA) is 28.2 Å². The highest BCUT2D eigenvalue weighted by molar-refractivity contribution is 9.11. The predicted molar refractivity (Wildman–Crippen MR) is 86.7 cm³/mol. The molecule has 0 spiro atoms. The van der Waals surface area contributed by atoms with E-state index in [0.29, 0.717) is 6.04 Å². The van der Waals surface area contributed by atoms with Crippen LogP contribution in [0.15, 0.2) is 21.2 Å². The van der Waals surface area contributed by atoms with Gasteiger partial charge in [-0.2, -0.15) is 0 Å². The molecule has 3 heterocycles. The Morgan fingerprint density at radius 1 is 1.26 bits per heavy atom. The summed E-state index contributed by atoms with van der Waals surface area (Å²) in [4.78, 5) is 7.03. The van der Waals surface area contributed by atoms with Crippen molar-refractivity contribution in [1.82, 2.24) is 15.2 Å². The van der Waals surface area contributed by atoms with Crippen molar-refractivity contribution in [2.24, 2.45) is 0 Å². The number of likely N-dealkylation sites (tertiary alicyclic amines) is 1. The minimum absolute atomic E-state index is 0. The molecule has 0 radical (unpaired) electrons. The van der Waals surface area contributed by atoms with Crippen molar-refractivity contribution in [2.45, 2.75) is 37.9 Å². The zero-order valence-electron chi connectivity index (χ0n) is 10.6. The lowest BCUT2D eigenvalue weighted by molar-refractivity contribution is 0.247. The summed E-state index contributed by atoms with van der Waals surface area (Å²) in [6.45, 7) is 3.28. The van der Waals surface area contributed by atoms with Crippen molar-refractivity contribution in [3.05, 3.63) is 26.9 Å². The summed E-state index contributed by atoms with van der Waals surface area (Å²) in [5, 5.41) is 3.71. The number of fused-ring (bicyclic) bond motifs is 2. The number of halogens is 3. The van der Waals surface area contributed by atoms with E-state index in [2.05, 4.69) is 53.1 Å². The fourth-order valence-corrected chi connectivity index (χ4v) is 4.04. The quantitative estimate of drug-likeness (QED) is 0.809. The number of nitrogens with zero attached hydrogens (tertiary/aromatic N) is 2. The highest BCUT2D eigenvalue weighted by atomic mass is 79.9. The van der Waals surface area contributed by atoms with Gasteiger partial charge in [-0.1, -0.05) is 0 Å². The molecule has 3 rings (SSSR count). The van der Waals surface area contributed by atoms with E-state index in [0.717, 1.165) is 33.8 Å². The monoisotopic (exact) mass is 409 g/mol. The van der Waals surface area contributed by atoms with Crippen LogP contribution in [0.4, 0.5) is 0 Å². The standard InChI is InChI=1S/C13H17Br2N3.ClH/c14-9-5-12(15)13(16-6-9)8-18-4-3-10-1-2-11(7-18)17-10;/h5-6,10-11,17H,1-4,7-8H2;1H. The smallest absolute Gasteiger partial charge is 0.0686 e. The van der Waals surface area contributed by atoms with Crippen LogP contribution in [-0.2, 0) is 6.54 Å². The van der Waals surface area contributed by atoms with Crippen LogP contribution in [0, 0.1) is 0 Å². The van der Waals surface area contributed by atoms with Crippen LogP contribution in [0.2, 0.25) is 0 Å². The molecular formula is C13H18Br2ClN3. The summed E-state index contributed by atoms with van der Waals surface area (Å²) in [6.07, 6.45) is 5.84. The summed E-state index contributed by atoms with van der Waals surface area (Å²) in [7, 11) is 0. The van der Waals surface area contributed by atoms with E-state index in [1.54, 1.807) is 0 Å². The maximum absolute atomic E-state index is 4.51. The molecule has 19 heavy (non-hydrogen) atoms. The largest absolute Gasteiger partial charge is 0.310 e. The van der Waals surface area contributed by atoms with Crippen LogP contribution < -0.4 is 5.32 Å². The van der Waals surface area contributed by atoms with Gasteiger partial charge in [-0.25, -0.2) is 0 Å². The molecule has 6 heteroatoms. The summed E-state index contributed by atoms with van der Waals surface area (Å²) in [6, 6.07) is 3.51. The lowest BCUT2D eigenvalue weighted by atomic mass is 10.1. The van der Waals surface area contributed by atoms with Gasteiger partial charge in [0, 0.05) is 46.9 Å². The average Bonchev–Trinajstić information content (AvgIpc) is 2.66. The van der Waals surface area contributed by atoms with E-state index in [9.17, 15) is 0 Å². The molecular weight excluding hydrogens is 393 g/mol. The van der Waals surface area contributed by atoms with Gasteiger partial charge in [-0.05, 0) is 57.2 Å². The normalized spacial score (nSPS) is 26.8. The number of aromatic nitrogens is 1. The maximum atomic E-state index is 4.51. The molecule has 2 saturated heterocycles. The second-order valence-corrected chi connectivity index (χ2v) is 7.01. The number of hydrogen-bond acceptors (Lipinski definition) is 3. The number of rotatable bonds is 2. The molecule has 1 N–H and O–H groups in total. The molecule has 1 aromatic heterocycles. The Kier molecular flexibility index (Phi) is 5.66. The first-order valence-corrected chi connectivity index (χ1v) is 8.07. The van der Waals surface area contributed by atoms with Crippen LogP contribution in [0.5, 0.6) is 0 Å². The van der Waals surface area contributed by atoms with Crippen LogP contribution in [0.25, 0.3) is 0 Å². The zero-order valence-corrected chi connectivity index (χ0v) is 14.6. The third-order valence-electron chi connectivity index (χ3n) is 3.86. The molecule has 2 bridgehead atoms. The van der Waals surface area contributed by atoms with Crippen LogP contribution >= 0.6 is 44.3 Å². The van der Waals surface area contributed by atoms with Crippen molar-refractivity contribution in [1.29, 1.82) is 0 Å². The summed E-state index contributed by atoms with van der Waals surface area (Å²) in [5.74, 6) is 0. The van der Waals surface area contributed by atoms with Gasteiger partial charge < -0.3 is 5.32 Å². The molecule has 2 aliphatic heterocycles. The molecule has 2 atom stereocenters. The highest BCUT2D eigenvalue weighted by Crippen LogP contribution is 2.24. The first-order chi connectivity index (χ1) is 8.70. The van der Waals surface area contributed by atoms with E-state index < -0.39 is 0 Å². The van der Waals surface area contributed by atoms with Crippen LogP contribution in [-0.4, -0.2) is 35.1 Å². The molecule has 2 fully saturated rings. The molecule has 0 saturated carbocycles. The van der Waals surface area contributed by atoms with Crippen molar-refractivity contribution in [3.63, 3.8) is 0 Å². The molecule has 0 aromatic carbocycles. The van der Waals surface area contributed by atoms with Crippen molar-refractivity contribution in [3.8, 4) is 0 Å². The highest BCUT2D eigenvalue weighted by Gasteiger charge is 2.29. The third kappa shape index (κ3) is 3.91. The van der Waals surface area contributed by atoms with Crippen molar-refractivity contribution in [2.75, 3.05) is 13.1 Å². The van der Waals surface area contributed by atoms with Gasteiger partial charge in [-0.3, -0.25) is 9.88 Å². The first kappa shape index (κ1) is 15.7. The molecule has 2 unspecified atom stereocenters. The Balaban J connectivity index is 0.00000133. The van der Waals surface area contributed by atoms with Crippen molar-refractivity contribution >= 4 is 44.3 Å². The lowest BCUT2D eigenvalue weighted by Gasteiger charge is -2.23. The fourth-order valence-electron chi connectivity index (χ4n) is 2.93. The zero-order chi connectivity index (χ0) is 12.5. The van der Waals surface area contributed by atoms with E-state index in [1.807, 2.05) is 6.20 Å². The van der Waals surface area contributed by atoms with E-state index in [1.165, 1.54) is 25.8 Å². The van der Waals surface area contributed by atoms with Gasteiger partial charge in [0.05, 0.1) is 5.69 Å². The SMILES string of the molecule is Brc1cnc(CN2CCC3CCC(C2)N3)c(Br)c1.Cl. The first-order valence-electron chi connectivity index (χ1n) is 6.49. The molecule has 0 amide bonds. The summed E-state index contributed by atoms with van der Waals surface area (Å²) in [5.41, 5.74) is 1.14. The molecule has 2 aliphatic rings. The average molecular weight is 412 g/mol. The Labute approximate surface area is 137 Å². The number of nitrogens with one attached hydrogen (secondary N) is 1. The second kappa shape index (κ2) is 6.85. The van der Waals surface area contributed by atoms with Gasteiger partial charge in [0.25, 0.3) is 0 Å². The Bertz CT molecular complexity index is 444. The molecule has 3 nitrogen and oxygen atoms in total. The lowest BCUT2D eigenvalue weighted by Crippen LogP contribution is -2.35. The Morgan fingerprint density at radius 3 is 2.84 bits per heavy atom. The molecule has 0 aliphatic carbocycles. The Morgan fingerprint density at radius 2 is 2.05 bits per heavy atom. The molecule has 106 valence electrons. The third-order valence-corrected chi connectivity index (χ3v) is 4.99. The van der Waals surface area contributed by atoms with Gasteiger partial charge in [-0.15, -0.1) is 12.4 Å². The number of pyridine rings is 1. The van der Waals surface area contributed by atoms with E-state index in [4.69, 9.17) is 0 Å². The van der Waals surface area contributed by atoms with E-state index in [-0.39, 0.29) is 12.4 Å². The maximum Gasteiger partial charge on any atom is 0.0686 e. The molecule has 1 aromatic rings. The summed E-state index contributed by atoms with van der Waals surface area (Å²) < 4.78 is 2.12. The fraction of sp³-hybridized carbons (Fsp3) is 0.615. The van der Waals surface area contributed by atoms with E-state index >= 15 is 0 Å². The van der Waals surface area contributed by atoms with Crippen LogP contribution in [0.1, 0.15) is 25.0 Å². The van der Waals surface area contributed by atoms with Gasteiger partial charge in [0.2, 0.25) is 0 Å². The summed E-state index contributed by atoms with van der Waals surface area (Å²) >= 11 is 7.04. The van der Waals surface area contributed by atoms with Crippen molar-refractivity contribution < 1.29 is 0 Å². The van der Waals surface area contributed by atoms with Crippen LogP contribution in [0.3, 0.4) is 0 Å². The predicted octanol–water partition coefficient (Wildman–Crippen LogP) is 3.35. The second-order valence-electron chi connectivity index (χ2n) is 5.24.